The van der Waals surface area contributed by atoms with Gasteiger partial charge in [0.05, 0.1) is 8.48 Å². The molecule has 3 nitrogen and oxygen atoms in total. The van der Waals surface area contributed by atoms with Crippen LogP contribution in [-0.2, 0) is 4.79 Å². The Morgan fingerprint density at radius 2 is 2.24 bits per heavy atom. The number of nitrogens with zero attached hydrogens (tertiary/aromatic N) is 1. The van der Waals surface area contributed by atoms with Gasteiger partial charge in [-0.15, -0.1) is 0 Å². The summed E-state index contributed by atoms with van der Waals surface area (Å²) in [6, 6.07) is 5.19. The second-order valence-electron chi connectivity index (χ2n) is 3.45. The summed E-state index contributed by atoms with van der Waals surface area (Å²) in [5.41, 5.74) is 0.876. The van der Waals surface area contributed by atoms with E-state index in [0.717, 1.165) is 9.13 Å². The summed E-state index contributed by atoms with van der Waals surface area (Å²) < 4.78 is 1.32. The van der Waals surface area contributed by atoms with E-state index in [1.165, 1.54) is 16.7 Å². The highest BCUT2D eigenvalue weighted by molar-refractivity contribution is 14.1. The van der Waals surface area contributed by atoms with Crippen molar-refractivity contribution in [2.24, 2.45) is 0 Å². The monoisotopic (exact) mass is 377 g/mol. The molecule has 2 rings (SSSR count). The SMILES string of the molecule is CN1C(=O)C(=Cc2ccc(O)c(I)c2)SC1=S. The Bertz CT molecular complexity index is 542. The van der Waals surface area contributed by atoms with Gasteiger partial charge in [0.15, 0.2) is 0 Å². The molecule has 88 valence electrons. The molecule has 0 saturated carbocycles. The Balaban J connectivity index is 2.34. The predicted octanol–water partition coefficient (Wildman–Crippen LogP) is 2.83. The van der Waals surface area contributed by atoms with Gasteiger partial charge in [-0.25, -0.2) is 0 Å². The highest BCUT2D eigenvalue weighted by Crippen LogP contribution is 2.32. The lowest BCUT2D eigenvalue weighted by Crippen LogP contribution is -2.22. The molecule has 1 aromatic rings. The molecule has 1 saturated heterocycles. The fraction of sp³-hybridized carbons (Fsp3) is 0.0909. The Morgan fingerprint density at radius 3 is 2.76 bits per heavy atom. The van der Waals surface area contributed by atoms with Crippen LogP contribution in [-0.4, -0.2) is 27.3 Å². The lowest BCUT2D eigenvalue weighted by Gasteiger charge is -2.03. The third-order valence-corrected chi connectivity index (χ3v) is 4.60. The third kappa shape index (κ3) is 2.63. The maximum atomic E-state index is 11.8. The first-order valence-electron chi connectivity index (χ1n) is 4.69. The molecular formula is C11H8INO2S2. The number of likely N-dealkylation sites (N-methyl/N-ethyl adjacent to an activating group) is 1. The van der Waals surface area contributed by atoms with Gasteiger partial charge in [-0.05, 0) is 46.4 Å². The van der Waals surface area contributed by atoms with Crippen molar-refractivity contribution >= 4 is 62.9 Å². The molecule has 0 bridgehead atoms. The molecule has 0 aromatic heterocycles. The lowest BCUT2D eigenvalue weighted by atomic mass is 10.2. The van der Waals surface area contributed by atoms with E-state index in [4.69, 9.17) is 12.2 Å². The number of hydrogen-bond donors (Lipinski definition) is 1. The van der Waals surface area contributed by atoms with E-state index < -0.39 is 0 Å². The van der Waals surface area contributed by atoms with Crippen LogP contribution in [0.4, 0.5) is 0 Å². The molecular weight excluding hydrogens is 369 g/mol. The summed E-state index contributed by atoms with van der Waals surface area (Å²) in [6.45, 7) is 0. The van der Waals surface area contributed by atoms with E-state index in [1.54, 1.807) is 25.3 Å². The van der Waals surface area contributed by atoms with E-state index in [-0.39, 0.29) is 11.7 Å². The summed E-state index contributed by atoms with van der Waals surface area (Å²) in [7, 11) is 1.67. The first kappa shape index (κ1) is 12.8. The van der Waals surface area contributed by atoms with Crippen LogP contribution in [0.25, 0.3) is 6.08 Å². The molecule has 0 spiro atoms. The van der Waals surface area contributed by atoms with Gasteiger partial charge in [-0.3, -0.25) is 9.69 Å². The Labute approximate surface area is 122 Å². The summed E-state index contributed by atoms with van der Waals surface area (Å²) in [5, 5.41) is 9.41. The number of benzene rings is 1. The Hall–Kier alpha value is -0.600. The first-order chi connectivity index (χ1) is 7.99. The molecule has 6 heteroatoms. The van der Waals surface area contributed by atoms with Crippen LogP contribution < -0.4 is 0 Å². The number of thioether (sulfide) groups is 1. The predicted molar refractivity (Wildman–Crippen MR) is 81.8 cm³/mol. The second kappa shape index (κ2) is 4.95. The molecule has 1 aliphatic rings. The first-order valence-corrected chi connectivity index (χ1v) is 6.99. The van der Waals surface area contributed by atoms with Crippen LogP contribution in [0.15, 0.2) is 23.1 Å². The molecule has 0 aliphatic carbocycles. The maximum absolute atomic E-state index is 11.8. The standard InChI is InChI=1S/C11H8INO2S2/c1-13-10(15)9(17-11(13)16)5-6-2-3-8(14)7(12)4-6/h2-5,14H,1H3. The van der Waals surface area contributed by atoms with E-state index in [1.807, 2.05) is 28.7 Å². The molecule has 1 heterocycles. The molecule has 17 heavy (non-hydrogen) atoms. The number of carbonyl (C=O) groups is 1. The molecule has 0 atom stereocenters. The normalized spacial score (nSPS) is 18.2. The van der Waals surface area contributed by atoms with Crippen molar-refractivity contribution in [1.82, 2.24) is 4.90 Å². The molecule has 0 unspecified atom stereocenters. The Kier molecular flexibility index (Phi) is 3.74. The number of carbonyl (C=O) groups excluding carboxylic acids is 1. The topological polar surface area (TPSA) is 40.5 Å². The lowest BCUT2D eigenvalue weighted by molar-refractivity contribution is -0.121. The minimum Gasteiger partial charge on any atom is -0.507 e. The smallest absolute Gasteiger partial charge is 0.265 e. The highest BCUT2D eigenvalue weighted by Gasteiger charge is 2.28. The summed E-state index contributed by atoms with van der Waals surface area (Å²) in [4.78, 5) is 13.8. The number of phenolic OH excluding ortho intramolecular Hbond substituents is 1. The van der Waals surface area contributed by atoms with Crippen molar-refractivity contribution in [3.05, 3.63) is 32.2 Å². The van der Waals surface area contributed by atoms with Crippen molar-refractivity contribution in [2.75, 3.05) is 7.05 Å². The number of phenols is 1. The number of aromatic hydroxyl groups is 1. The van der Waals surface area contributed by atoms with Gasteiger partial charge in [-0.2, -0.15) is 0 Å². The number of halogens is 1. The van der Waals surface area contributed by atoms with Gasteiger partial charge in [0.1, 0.15) is 10.1 Å². The largest absolute Gasteiger partial charge is 0.507 e. The second-order valence-corrected chi connectivity index (χ2v) is 6.29. The van der Waals surface area contributed by atoms with E-state index in [9.17, 15) is 9.90 Å². The van der Waals surface area contributed by atoms with Crippen molar-refractivity contribution in [3.63, 3.8) is 0 Å². The minimum absolute atomic E-state index is 0.0805. The third-order valence-electron chi connectivity index (χ3n) is 2.26. The number of thiocarbonyl (C=S) groups is 1. The quantitative estimate of drug-likeness (QED) is 0.464. The average Bonchev–Trinajstić information content (AvgIpc) is 2.52. The van der Waals surface area contributed by atoms with Crippen molar-refractivity contribution in [2.45, 2.75) is 0 Å². The van der Waals surface area contributed by atoms with Crippen LogP contribution in [0.2, 0.25) is 0 Å². The molecule has 0 radical (unpaired) electrons. The molecule has 1 aromatic carbocycles. The highest BCUT2D eigenvalue weighted by atomic mass is 127. The van der Waals surface area contributed by atoms with Crippen LogP contribution in [0.1, 0.15) is 5.56 Å². The van der Waals surface area contributed by atoms with Gasteiger partial charge in [0, 0.05) is 7.05 Å². The van der Waals surface area contributed by atoms with Gasteiger partial charge in [0.2, 0.25) is 0 Å². The van der Waals surface area contributed by atoms with Gasteiger partial charge < -0.3 is 5.11 Å². The summed E-state index contributed by atoms with van der Waals surface area (Å²) in [6.07, 6.45) is 1.78. The zero-order valence-corrected chi connectivity index (χ0v) is 12.6. The summed E-state index contributed by atoms with van der Waals surface area (Å²) in [5.74, 6) is 0.161. The molecule has 1 N–H and O–H groups in total. The van der Waals surface area contributed by atoms with Crippen LogP contribution >= 0.6 is 46.6 Å². The Morgan fingerprint density at radius 1 is 1.53 bits per heavy atom. The van der Waals surface area contributed by atoms with E-state index in [0.29, 0.717) is 9.23 Å². The van der Waals surface area contributed by atoms with E-state index >= 15 is 0 Å². The maximum Gasteiger partial charge on any atom is 0.265 e. The molecule has 1 amide bonds. The molecule has 1 fully saturated rings. The van der Waals surface area contributed by atoms with Gasteiger partial charge >= 0.3 is 0 Å². The minimum atomic E-state index is -0.0805. The fourth-order valence-electron chi connectivity index (χ4n) is 1.31. The number of amides is 1. The van der Waals surface area contributed by atoms with Crippen molar-refractivity contribution in [1.29, 1.82) is 0 Å². The van der Waals surface area contributed by atoms with Crippen LogP contribution in [0.3, 0.4) is 0 Å². The van der Waals surface area contributed by atoms with Crippen LogP contribution in [0.5, 0.6) is 5.75 Å². The fourth-order valence-corrected chi connectivity index (χ4v) is 3.03. The van der Waals surface area contributed by atoms with E-state index in [2.05, 4.69) is 0 Å². The van der Waals surface area contributed by atoms with Gasteiger partial charge in [-0.1, -0.05) is 30.0 Å². The summed E-state index contributed by atoms with van der Waals surface area (Å²) >= 11 is 8.38. The van der Waals surface area contributed by atoms with Crippen molar-refractivity contribution in [3.8, 4) is 5.75 Å². The molecule has 1 aliphatic heterocycles. The van der Waals surface area contributed by atoms with Crippen molar-refractivity contribution < 1.29 is 9.90 Å². The zero-order valence-electron chi connectivity index (χ0n) is 8.81. The van der Waals surface area contributed by atoms with Crippen LogP contribution in [0, 0.1) is 3.57 Å². The zero-order chi connectivity index (χ0) is 12.6. The number of rotatable bonds is 1. The van der Waals surface area contributed by atoms with Gasteiger partial charge in [0.25, 0.3) is 5.91 Å². The number of hydrogen-bond acceptors (Lipinski definition) is 4. The average molecular weight is 377 g/mol.